The molecule has 0 bridgehead atoms. The van der Waals surface area contributed by atoms with Crippen LogP contribution >= 0.6 is 0 Å². The maximum absolute atomic E-state index is 11.1. The molecule has 0 saturated heterocycles. The molecule has 5 rings (SSSR count). The quantitative estimate of drug-likeness (QED) is 0.597. The largest absolute Gasteiger partial charge is 0.390 e. The van der Waals surface area contributed by atoms with Gasteiger partial charge in [0.1, 0.15) is 6.07 Å². The Morgan fingerprint density at radius 2 is 1.97 bits per heavy atom. The lowest BCUT2D eigenvalue weighted by molar-refractivity contribution is -0.110. The molecule has 4 aliphatic rings. The molecule has 4 heteroatoms. The molecule has 0 amide bonds. The summed E-state index contributed by atoms with van der Waals surface area (Å²) in [5.41, 5.74) is 0.775. The first-order valence-electron chi connectivity index (χ1n) is 13.5. The minimum absolute atomic E-state index is 0.363. The van der Waals surface area contributed by atoms with Crippen LogP contribution in [-0.4, -0.2) is 20.5 Å². The van der Waals surface area contributed by atoms with Crippen LogP contribution in [0.5, 0.6) is 0 Å². The Kier molecular flexibility index (Phi) is 5.94. The fourth-order valence-electron chi connectivity index (χ4n) is 9.57. The summed E-state index contributed by atoms with van der Waals surface area (Å²) in [6, 6.07) is 2.21. The van der Waals surface area contributed by atoms with Gasteiger partial charge in [-0.3, -0.25) is 4.68 Å². The molecule has 1 heterocycles. The van der Waals surface area contributed by atoms with Gasteiger partial charge >= 0.3 is 0 Å². The molecular formula is C28H43N3O. The van der Waals surface area contributed by atoms with Crippen LogP contribution in [0.4, 0.5) is 0 Å². The number of nitrogens with zero attached hydrogens (tertiary/aromatic N) is 3. The van der Waals surface area contributed by atoms with Crippen molar-refractivity contribution in [1.82, 2.24) is 9.78 Å². The van der Waals surface area contributed by atoms with Gasteiger partial charge in [-0.2, -0.15) is 10.4 Å². The summed E-state index contributed by atoms with van der Waals surface area (Å²) in [5, 5.41) is 24.7. The van der Waals surface area contributed by atoms with E-state index >= 15 is 0 Å². The van der Waals surface area contributed by atoms with Gasteiger partial charge in [-0.25, -0.2) is 0 Å². The molecule has 4 fully saturated rings. The highest BCUT2D eigenvalue weighted by Crippen LogP contribution is 2.65. The van der Waals surface area contributed by atoms with E-state index in [1.54, 1.807) is 6.20 Å². The fraction of sp³-hybridized carbons (Fsp3) is 0.857. The van der Waals surface area contributed by atoms with Crippen molar-refractivity contribution < 1.29 is 5.11 Å². The van der Waals surface area contributed by atoms with E-state index in [9.17, 15) is 5.11 Å². The Bertz CT molecular complexity index is 857. The molecule has 4 nitrogen and oxygen atoms in total. The number of fused-ring (bicyclic) bond motifs is 5. The molecule has 0 unspecified atom stereocenters. The Morgan fingerprint density at radius 3 is 2.72 bits per heavy atom. The molecule has 1 aromatic rings. The number of aromatic nitrogens is 2. The average molecular weight is 438 g/mol. The van der Waals surface area contributed by atoms with Gasteiger partial charge in [-0.15, -0.1) is 0 Å². The summed E-state index contributed by atoms with van der Waals surface area (Å²) in [6.07, 6.45) is 17.4. The van der Waals surface area contributed by atoms with Crippen molar-refractivity contribution in [2.24, 2.45) is 46.8 Å². The highest BCUT2D eigenvalue weighted by atomic mass is 16.3. The van der Waals surface area contributed by atoms with E-state index in [-0.39, 0.29) is 5.60 Å². The third kappa shape index (κ3) is 3.73. The molecule has 0 radical (unpaired) electrons. The first-order valence-corrected chi connectivity index (χ1v) is 13.5. The van der Waals surface area contributed by atoms with Crippen molar-refractivity contribution in [2.45, 2.75) is 104 Å². The maximum Gasteiger partial charge on any atom is 0.102 e. The van der Waals surface area contributed by atoms with Crippen LogP contribution in [-0.2, 0) is 6.54 Å². The van der Waals surface area contributed by atoms with Gasteiger partial charge in [0, 0.05) is 12.7 Å². The Morgan fingerprint density at radius 1 is 1.16 bits per heavy atom. The molecule has 32 heavy (non-hydrogen) atoms. The van der Waals surface area contributed by atoms with E-state index < -0.39 is 0 Å². The van der Waals surface area contributed by atoms with Gasteiger partial charge in [-0.1, -0.05) is 27.2 Å². The van der Waals surface area contributed by atoms with Crippen molar-refractivity contribution in [3.8, 4) is 6.07 Å². The Labute approximate surface area is 194 Å². The lowest BCUT2D eigenvalue weighted by Gasteiger charge is -2.57. The van der Waals surface area contributed by atoms with Crippen LogP contribution in [0.1, 0.15) is 97.0 Å². The first-order chi connectivity index (χ1) is 15.4. The summed E-state index contributed by atoms with van der Waals surface area (Å²) in [6.45, 7) is 8.20. The summed E-state index contributed by atoms with van der Waals surface area (Å²) in [4.78, 5) is 0. The smallest absolute Gasteiger partial charge is 0.102 e. The van der Waals surface area contributed by atoms with E-state index in [0.29, 0.717) is 16.9 Å². The van der Waals surface area contributed by atoms with E-state index in [1.807, 2.05) is 10.9 Å². The van der Waals surface area contributed by atoms with Gasteiger partial charge in [0.2, 0.25) is 0 Å². The zero-order valence-corrected chi connectivity index (χ0v) is 20.5. The predicted molar refractivity (Wildman–Crippen MR) is 127 cm³/mol. The summed E-state index contributed by atoms with van der Waals surface area (Å²) >= 11 is 0. The van der Waals surface area contributed by atoms with Crippen LogP contribution in [0.15, 0.2) is 12.4 Å². The van der Waals surface area contributed by atoms with Crippen LogP contribution in [0.25, 0.3) is 0 Å². The molecule has 0 spiro atoms. The number of hydrogen-bond acceptors (Lipinski definition) is 3. The molecule has 4 saturated carbocycles. The number of rotatable bonds is 5. The zero-order chi connectivity index (χ0) is 22.5. The van der Waals surface area contributed by atoms with Gasteiger partial charge < -0.3 is 5.11 Å². The fourth-order valence-corrected chi connectivity index (χ4v) is 9.57. The van der Waals surface area contributed by atoms with Crippen LogP contribution in [0.3, 0.4) is 0 Å². The molecular weight excluding hydrogens is 394 g/mol. The first kappa shape index (κ1) is 22.5. The molecule has 1 aromatic heterocycles. The molecule has 1 N–H and O–H groups in total. The van der Waals surface area contributed by atoms with Crippen molar-refractivity contribution >= 4 is 0 Å². The Balaban J connectivity index is 1.27. The van der Waals surface area contributed by atoms with E-state index in [4.69, 9.17) is 5.26 Å². The standard InChI is InChI=1S/C28H43N3O/c1-4-11-28(32)13-10-22-21(14-28)5-6-24-23(22)9-12-27(3)25(7-8-26(24)27)19(2)17-31-18-20(15-29)16-30-31/h16,18-19,21-26,32H,4-14,17H2,1-3H3/t19-,21-,22+,23-,24-,25-,26+,27-,28-/m1/s1. The summed E-state index contributed by atoms with van der Waals surface area (Å²) in [7, 11) is 0. The van der Waals surface area contributed by atoms with Gasteiger partial charge in [0.05, 0.1) is 17.4 Å². The second-order valence-corrected chi connectivity index (χ2v) is 12.4. The third-order valence-corrected chi connectivity index (χ3v) is 10.8. The second-order valence-electron chi connectivity index (χ2n) is 12.4. The van der Waals surface area contributed by atoms with Gasteiger partial charge in [0.25, 0.3) is 0 Å². The summed E-state index contributed by atoms with van der Waals surface area (Å²) < 4.78 is 2.00. The average Bonchev–Trinajstić information content (AvgIpc) is 3.36. The highest BCUT2D eigenvalue weighted by Gasteiger charge is 2.58. The molecule has 4 aliphatic carbocycles. The topological polar surface area (TPSA) is 61.8 Å². The normalized spacial score (nSPS) is 44.2. The van der Waals surface area contributed by atoms with E-state index in [0.717, 1.165) is 67.7 Å². The summed E-state index contributed by atoms with van der Waals surface area (Å²) in [5.74, 6) is 5.73. The molecule has 176 valence electrons. The van der Waals surface area contributed by atoms with Crippen LogP contribution < -0.4 is 0 Å². The van der Waals surface area contributed by atoms with E-state index in [2.05, 4.69) is 31.9 Å². The minimum Gasteiger partial charge on any atom is -0.390 e. The van der Waals surface area contributed by atoms with E-state index in [1.165, 1.54) is 44.9 Å². The third-order valence-electron chi connectivity index (χ3n) is 10.8. The molecule has 0 aromatic carbocycles. The minimum atomic E-state index is -0.363. The Hall–Kier alpha value is -1.34. The molecule has 9 atom stereocenters. The number of hydrogen-bond donors (Lipinski definition) is 1. The van der Waals surface area contributed by atoms with Gasteiger partial charge in [0.15, 0.2) is 0 Å². The lowest BCUT2D eigenvalue weighted by atomic mass is 9.48. The van der Waals surface area contributed by atoms with Gasteiger partial charge in [-0.05, 0) is 111 Å². The van der Waals surface area contributed by atoms with Crippen LogP contribution in [0.2, 0.25) is 0 Å². The number of aliphatic hydroxyl groups is 1. The SMILES string of the molecule is CCC[C@@]1(O)CC[C@H]2[C@H](CC[C@@H]3[C@@H]2CC[C@]2(C)[C@@H]([C@H](C)Cn4cc(C#N)cn4)CC[C@@H]32)C1. The lowest BCUT2D eigenvalue weighted by Crippen LogP contribution is -2.51. The van der Waals surface area contributed by atoms with Crippen molar-refractivity contribution in [2.75, 3.05) is 0 Å². The maximum atomic E-state index is 11.1. The monoisotopic (exact) mass is 437 g/mol. The van der Waals surface area contributed by atoms with Crippen molar-refractivity contribution in [3.05, 3.63) is 18.0 Å². The molecule has 0 aliphatic heterocycles. The highest BCUT2D eigenvalue weighted by molar-refractivity contribution is 5.21. The number of nitriles is 1. The van der Waals surface area contributed by atoms with Crippen molar-refractivity contribution in [3.63, 3.8) is 0 Å². The van der Waals surface area contributed by atoms with Crippen molar-refractivity contribution in [1.29, 1.82) is 5.26 Å². The zero-order valence-electron chi connectivity index (χ0n) is 20.5. The second kappa shape index (κ2) is 8.46. The van der Waals surface area contributed by atoms with Crippen LogP contribution in [0, 0.1) is 58.2 Å². The predicted octanol–water partition coefficient (Wildman–Crippen LogP) is 6.19.